The Morgan fingerprint density at radius 3 is 2.71 bits per heavy atom. The molecule has 1 N–H and O–H groups in total. The van der Waals surface area contributed by atoms with Crippen molar-refractivity contribution in [2.24, 2.45) is 0 Å². The molecule has 0 radical (unpaired) electrons. The molecule has 5 rings (SSSR count). The molecule has 0 spiro atoms. The molecule has 2 aliphatic rings. The van der Waals surface area contributed by atoms with Gasteiger partial charge in [0.05, 0.1) is 29.5 Å². The summed E-state index contributed by atoms with van der Waals surface area (Å²) in [4.78, 5) is 28.4. The van der Waals surface area contributed by atoms with Crippen molar-refractivity contribution in [3.05, 3.63) is 60.7 Å². The molecule has 0 bridgehead atoms. The summed E-state index contributed by atoms with van der Waals surface area (Å²) in [6, 6.07) is 13.3. The minimum Gasteiger partial charge on any atom is -0.372 e. The van der Waals surface area contributed by atoms with E-state index in [9.17, 15) is 9.18 Å². The zero-order valence-electron chi connectivity index (χ0n) is 19.5. The van der Waals surface area contributed by atoms with Gasteiger partial charge in [0.2, 0.25) is 0 Å². The van der Waals surface area contributed by atoms with Gasteiger partial charge in [-0.2, -0.15) is 0 Å². The molecule has 7 nitrogen and oxygen atoms in total. The van der Waals surface area contributed by atoms with Crippen LogP contribution in [0.15, 0.2) is 54.9 Å². The maximum atomic E-state index is 13.6. The van der Waals surface area contributed by atoms with Crippen LogP contribution in [0.3, 0.4) is 0 Å². The van der Waals surface area contributed by atoms with E-state index < -0.39 is 5.82 Å². The van der Waals surface area contributed by atoms with Gasteiger partial charge in [0.25, 0.3) is 0 Å². The van der Waals surface area contributed by atoms with Gasteiger partial charge in [-0.1, -0.05) is 12.1 Å². The average molecular weight is 461 g/mol. The molecule has 34 heavy (non-hydrogen) atoms. The van der Waals surface area contributed by atoms with Gasteiger partial charge in [-0.15, -0.1) is 0 Å². The van der Waals surface area contributed by atoms with E-state index in [1.807, 2.05) is 26.1 Å². The smallest absolute Gasteiger partial charge is 0.327 e. The molecule has 176 valence electrons. The fourth-order valence-electron chi connectivity index (χ4n) is 4.71. The SMILES string of the molecule is C[C@@H]1CCN(C)c2ccc(-c3cccc(N4CCCC4)c3)nc2N1C(=O)Nc1cncc(F)c1. The number of halogens is 1. The average Bonchev–Trinajstić information content (AvgIpc) is 3.34. The number of aromatic nitrogens is 2. The highest BCUT2D eigenvalue weighted by atomic mass is 19.1. The number of hydrogen-bond donors (Lipinski definition) is 1. The molecule has 2 aliphatic heterocycles. The van der Waals surface area contributed by atoms with Crippen molar-refractivity contribution in [1.29, 1.82) is 0 Å². The van der Waals surface area contributed by atoms with Gasteiger partial charge >= 0.3 is 6.03 Å². The van der Waals surface area contributed by atoms with Crippen molar-refractivity contribution < 1.29 is 9.18 Å². The molecule has 0 saturated carbocycles. The summed E-state index contributed by atoms with van der Waals surface area (Å²) in [5, 5.41) is 2.79. The third-order valence-corrected chi connectivity index (χ3v) is 6.61. The lowest BCUT2D eigenvalue weighted by atomic mass is 10.1. The van der Waals surface area contributed by atoms with E-state index in [2.05, 4.69) is 44.4 Å². The third kappa shape index (κ3) is 4.40. The van der Waals surface area contributed by atoms with E-state index in [1.165, 1.54) is 30.8 Å². The van der Waals surface area contributed by atoms with Crippen LogP contribution in [0.4, 0.5) is 32.1 Å². The van der Waals surface area contributed by atoms with Crippen molar-refractivity contribution in [3.63, 3.8) is 0 Å². The number of hydrogen-bond acceptors (Lipinski definition) is 5. The summed E-state index contributed by atoms with van der Waals surface area (Å²) in [5.41, 5.74) is 4.22. The monoisotopic (exact) mass is 460 g/mol. The quantitative estimate of drug-likeness (QED) is 0.586. The fraction of sp³-hybridized carbons (Fsp3) is 0.346. The molecule has 0 unspecified atom stereocenters. The lowest BCUT2D eigenvalue weighted by Gasteiger charge is -2.28. The Labute approximate surface area is 199 Å². The molecule has 8 heteroatoms. The number of fused-ring (bicyclic) bond motifs is 1. The summed E-state index contributed by atoms with van der Waals surface area (Å²) >= 11 is 0. The number of carbonyl (C=O) groups excluding carboxylic acids is 1. The van der Waals surface area contributed by atoms with Crippen molar-refractivity contribution in [3.8, 4) is 11.3 Å². The molecule has 1 fully saturated rings. The minimum atomic E-state index is -0.500. The Balaban J connectivity index is 1.52. The highest BCUT2D eigenvalue weighted by Crippen LogP contribution is 2.36. The number of benzene rings is 1. The molecule has 1 aromatic carbocycles. The summed E-state index contributed by atoms with van der Waals surface area (Å²) < 4.78 is 13.6. The van der Waals surface area contributed by atoms with Gasteiger partial charge in [-0.3, -0.25) is 9.88 Å². The van der Waals surface area contributed by atoms with Crippen LogP contribution >= 0.6 is 0 Å². The van der Waals surface area contributed by atoms with E-state index >= 15 is 0 Å². The number of anilines is 4. The topological polar surface area (TPSA) is 64.6 Å². The predicted octanol–water partition coefficient (Wildman–Crippen LogP) is 5.15. The zero-order valence-corrected chi connectivity index (χ0v) is 19.5. The van der Waals surface area contributed by atoms with Gasteiger partial charge in [0.1, 0.15) is 5.82 Å². The number of amides is 2. The maximum Gasteiger partial charge on any atom is 0.327 e. The van der Waals surface area contributed by atoms with Crippen LogP contribution in [0.5, 0.6) is 0 Å². The van der Waals surface area contributed by atoms with Crippen LogP contribution in [0.25, 0.3) is 11.3 Å². The molecular weight excluding hydrogens is 431 g/mol. The molecule has 3 aromatic rings. The molecule has 4 heterocycles. The van der Waals surface area contributed by atoms with Crippen molar-refractivity contribution >= 4 is 28.9 Å². The highest BCUT2D eigenvalue weighted by Gasteiger charge is 2.30. The Hall–Kier alpha value is -3.68. The van der Waals surface area contributed by atoms with E-state index in [0.29, 0.717) is 11.5 Å². The summed E-state index contributed by atoms with van der Waals surface area (Å²) in [6.45, 7) is 4.96. The summed E-state index contributed by atoms with van der Waals surface area (Å²) in [5.74, 6) is 0.0959. The van der Waals surface area contributed by atoms with Crippen LogP contribution in [0.2, 0.25) is 0 Å². The second kappa shape index (κ2) is 9.29. The molecule has 1 saturated heterocycles. The molecular formula is C26H29FN6O. The first-order valence-corrected chi connectivity index (χ1v) is 11.8. The first-order valence-electron chi connectivity index (χ1n) is 11.8. The van der Waals surface area contributed by atoms with Crippen molar-refractivity contribution in [1.82, 2.24) is 9.97 Å². The highest BCUT2D eigenvalue weighted by molar-refractivity contribution is 6.03. The first-order chi connectivity index (χ1) is 16.5. The standard InChI is InChI=1S/C26H29FN6O/c1-18-10-13-31(2)24-9-8-23(19-6-5-7-22(14-19)32-11-3-4-12-32)30-25(24)33(18)26(34)29-21-15-20(27)16-28-17-21/h5-9,14-18H,3-4,10-13H2,1-2H3,(H,29,34)/t18-/m1/s1. The Morgan fingerprint density at radius 2 is 1.91 bits per heavy atom. The van der Waals surface area contributed by atoms with E-state index in [-0.39, 0.29) is 12.1 Å². The van der Waals surface area contributed by atoms with Gasteiger partial charge in [-0.05, 0) is 50.5 Å². The molecule has 0 aliphatic carbocycles. The van der Waals surface area contributed by atoms with Gasteiger partial charge < -0.3 is 15.1 Å². The number of nitrogens with zero attached hydrogens (tertiary/aromatic N) is 5. The molecule has 2 amide bonds. The lowest BCUT2D eigenvalue weighted by molar-refractivity contribution is 0.255. The predicted molar refractivity (Wildman–Crippen MR) is 134 cm³/mol. The minimum absolute atomic E-state index is 0.0936. The Bertz CT molecular complexity index is 1200. The lowest BCUT2D eigenvalue weighted by Crippen LogP contribution is -2.42. The number of carbonyl (C=O) groups is 1. The Morgan fingerprint density at radius 1 is 1.09 bits per heavy atom. The van der Waals surface area contributed by atoms with Crippen LogP contribution in [-0.4, -0.2) is 48.7 Å². The normalized spacial score (nSPS) is 18.0. The van der Waals surface area contributed by atoms with E-state index in [4.69, 9.17) is 4.98 Å². The van der Waals surface area contributed by atoms with Crippen molar-refractivity contribution in [2.75, 3.05) is 46.7 Å². The van der Waals surface area contributed by atoms with E-state index in [1.54, 1.807) is 4.90 Å². The van der Waals surface area contributed by atoms with Crippen molar-refractivity contribution in [2.45, 2.75) is 32.2 Å². The van der Waals surface area contributed by atoms with Crippen LogP contribution < -0.4 is 20.0 Å². The van der Waals surface area contributed by atoms with Crippen LogP contribution in [-0.2, 0) is 0 Å². The van der Waals surface area contributed by atoms with Crippen LogP contribution in [0, 0.1) is 5.82 Å². The summed E-state index contributed by atoms with van der Waals surface area (Å²) in [7, 11) is 2.01. The second-order valence-corrected chi connectivity index (χ2v) is 9.03. The fourth-order valence-corrected chi connectivity index (χ4v) is 4.71. The zero-order chi connectivity index (χ0) is 23.7. The van der Waals surface area contributed by atoms with Gasteiger partial charge in [0.15, 0.2) is 5.82 Å². The first kappa shape index (κ1) is 22.1. The van der Waals surface area contributed by atoms with Crippen LogP contribution in [0.1, 0.15) is 26.2 Å². The molecule has 2 aromatic heterocycles. The molecule has 1 atom stereocenters. The number of pyridine rings is 2. The maximum absolute atomic E-state index is 13.6. The number of urea groups is 1. The van der Waals surface area contributed by atoms with Gasteiger partial charge in [-0.25, -0.2) is 14.2 Å². The van der Waals surface area contributed by atoms with Gasteiger partial charge in [0, 0.05) is 50.0 Å². The number of rotatable bonds is 3. The second-order valence-electron chi connectivity index (χ2n) is 9.03. The number of nitrogens with one attached hydrogen (secondary N) is 1. The Kier molecular flexibility index (Phi) is 6.04. The van der Waals surface area contributed by atoms with E-state index in [0.717, 1.165) is 49.2 Å². The third-order valence-electron chi connectivity index (χ3n) is 6.61. The summed E-state index contributed by atoms with van der Waals surface area (Å²) in [6.07, 6.45) is 5.76. The largest absolute Gasteiger partial charge is 0.372 e.